The number of amides is 2. The lowest BCUT2D eigenvalue weighted by atomic mass is 10.2. The van der Waals surface area contributed by atoms with Gasteiger partial charge in [-0.2, -0.15) is 0 Å². The van der Waals surface area contributed by atoms with E-state index >= 15 is 0 Å². The Morgan fingerprint density at radius 3 is 2.80 bits per heavy atom. The Balaban J connectivity index is 1.59. The number of morpholine rings is 1. The van der Waals surface area contributed by atoms with Crippen molar-refractivity contribution in [2.45, 2.75) is 6.04 Å². The van der Waals surface area contributed by atoms with Gasteiger partial charge in [0.15, 0.2) is 0 Å². The van der Waals surface area contributed by atoms with Crippen LogP contribution >= 0.6 is 0 Å². The second-order valence-corrected chi connectivity index (χ2v) is 5.48. The molecule has 1 aromatic carbocycles. The molecule has 25 heavy (non-hydrogen) atoms. The monoisotopic (exact) mass is 344 g/mol. The van der Waals surface area contributed by atoms with Crippen LogP contribution in [0, 0.1) is 0 Å². The molecule has 0 saturated carbocycles. The molecule has 2 heterocycles. The van der Waals surface area contributed by atoms with Gasteiger partial charge < -0.3 is 24.4 Å². The number of methoxy groups -OCH3 is 1. The van der Waals surface area contributed by atoms with E-state index in [1.807, 2.05) is 30.3 Å². The molecule has 0 unspecified atom stereocenters. The fraction of sp³-hybridized carbons (Fsp3) is 0.353. The molecule has 2 amide bonds. The number of urea groups is 1. The first-order chi connectivity index (χ1) is 12.3. The average molecular weight is 344 g/mol. The highest BCUT2D eigenvalue weighted by Gasteiger charge is 2.27. The number of anilines is 1. The Morgan fingerprint density at radius 2 is 2.08 bits per heavy atom. The van der Waals surface area contributed by atoms with Gasteiger partial charge in [0.05, 0.1) is 43.9 Å². The summed E-state index contributed by atoms with van der Waals surface area (Å²) in [4.78, 5) is 22.4. The summed E-state index contributed by atoms with van der Waals surface area (Å²) in [5.74, 6) is 0.648. The summed E-state index contributed by atoms with van der Waals surface area (Å²) in [5.41, 5.74) is 0.494. The second-order valence-electron chi connectivity index (χ2n) is 5.48. The second kappa shape index (κ2) is 8.41. The van der Waals surface area contributed by atoms with Gasteiger partial charge in [-0.3, -0.25) is 0 Å². The van der Waals surface area contributed by atoms with Gasteiger partial charge in [0, 0.05) is 13.7 Å². The molecular formula is C17H20N4O4. The number of carbonyl (C=O) groups excluding carboxylic acids is 1. The first-order valence-corrected chi connectivity index (χ1v) is 7.95. The van der Waals surface area contributed by atoms with Crippen LogP contribution in [-0.4, -0.2) is 60.4 Å². The van der Waals surface area contributed by atoms with E-state index in [9.17, 15) is 4.79 Å². The lowest BCUT2D eigenvalue weighted by molar-refractivity contribution is -0.0133. The molecule has 1 aromatic heterocycles. The van der Waals surface area contributed by atoms with Gasteiger partial charge in [-0.25, -0.2) is 14.8 Å². The van der Waals surface area contributed by atoms with Crippen LogP contribution in [0.15, 0.2) is 42.7 Å². The molecule has 132 valence electrons. The van der Waals surface area contributed by atoms with E-state index in [1.165, 1.54) is 12.4 Å². The van der Waals surface area contributed by atoms with Crippen molar-refractivity contribution >= 4 is 11.7 Å². The van der Waals surface area contributed by atoms with E-state index in [2.05, 4.69) is 15.3 Å². The first-order valence-electron chi connectivity index (χ1n) is 7.95. The molecule has 3 rings (SSSR count). The molecule has 8 heteroatoms. The quantitative estimate of drug-likeness (QED) is 0.894. The number of ether oxygens (including phenoxy) is 3. The van der Waals surface area contributed by atoms with Gasteiger partial charge in [-0.15, -0.1) is 0 Å². The summed E-state index contributed by atoms with van der Waals surface area (Å²) >= 11 is 0. The minimum atomic E-state index is -0.231. The summed E-state index contributed by atoms with van der Waals surface area (Å²) in [7, 11) is 1.60. The highest BCUT2D eigenvalue weighted by molar-refractivity contribution is 5.89. The number of benzene rings is 1. The number of hydrogen-bond acceptors (Lipinski definition) is 6. The Morgan fingerprint density at radius 1 is 1.32 bits per heavy atom. The molecule has 1 N–H and O–H groups in total. The van der Waals surface area contributed by atoms with Gasteiger partial charge in [0.25, 0.3) is 0 Å². The number of nitrogens with zero attached hydrogens (tertiary/aromatic N) is 3. The summed E-state index contributed by atoms with van der Waals surface area (Å²) < 4.78 is 16.1. The molecule has 1 aliphatic heterocycles. The molecular weight excluding hydrogens is 324 g/mol. The standard InChI is InChI=1S/C17H20N4O4/c1-23-11-14-12-24-8-7-21(14)17(22)20-13-9-18-16(19-10-13)25-15-5-3-2-4-6-15/h2-6,9-10,14H,7-8,11-12H2,1H3,(H,20,22)/t14-/m0/s1. The Labute approximate surface area is 145 Å². The van der Waals surface area contributed by atoms with Crippen molar-refractivity contribution in [2.24, 2.45) is 0 Å². The summed E-state index contributed by atoms with van der Waals surface area (Å²) in [6.45, 7) is 1.90. The van der Waals surface area contributed by atoms with Gasteiger partial charge in [0.2, 0.25) is 0 Å². The third-order valence-corrected chi connectivity index (χ3v) is 3.68. The Kier molecular flexibility index (Phi) is 5.76. The average Bonchev–Trinajstić information content (AvgIpc) is 2.65. The van der Waals surface area contributed by atoms with Crippen molar-refractivity contribution in [1.29, 1.82) is 0 Å². The molecule has 0 radical (unpaired) electrons. The van der Waals surface area contributed by atoms with E-state index < -0.39 is 0 Å². The molecule has 1 atom stereocenters. The summed E-state index contributed by atoms with van der Waals surface area (Å²) in [6, 6.07) is 9.12. The highest BCUT2D eigenvalue weighted by Crippen LogP contribution is 2.17. The van der Waals surface area contributed by atoms with Crippen LogP contribution in [0.25, 0.3) is 0 Å². The third kappa shape index (κ3) is 4.65. The van der Waals surface area contributed by atoms with Gasteiger partial charge in [-0.05, 0) is 12.1 Å². The molecule has 2 aromatic rings. The van der Waals surface area contributed by atoms with E-state index in [1.54, 1.807) is 12.0 Å². The van der Waals surface area contributed by atoms with Crippen LogP contribution in [0.1, 0.15) is 0 Å². The lowest BCUT2D eigenvalue weighted by Gasteiger charge is -2.35. The smallest absolute Gasteiger partial charge is 0.322 e. The van der Waals surface area contributed by atoms with Crippen molar-refractivity contribution < 1.29 is 19.0 Å². The maximum atomic E-state index is 12.4. The third-order valence-electron chi connectivity index (χ3n) is 3.68. The highest BCUT2D eigenvalue weighted by atomic mass is 16.5. The molecule has 0 bridgehead atoms. The van der Waals surface area contributed by atoms with Crippen LogP contribution in [-0.2, 0) is 9.47 Å². The topological polar surface area (TPSA) is 85.8 Å². The molecule has 0 aliphatic carbocycles. The first kappa shape index (κ1) is 17.1. The zero-order chi connectivity index (χ0) is 17.5. The fourth-order valence-electron chi connectivity index (χ4n) is 2.48. The fourth-order valence-corrected chi connectivity index (χ4v) is 2.48. The van der Waals surface area contributed by atoms with E-state index in [0.29, 0.717) is 37.8 Å². The van der Waals surface area contributed by atoms with Gasteiger partial charge >= 0.3 is 12.0 Å². The summed E-state index contributed by atoms with van der Waals surface area (Å²) in [5, 5.41) is 2.79. The SMILES string of the molecule is COC[C@H]1COCCN1C(=O)Nc1cnc(Oc2ccccc2)nc1. The Bertz CT molecular complexity index is 679. The van der Waals surface area contributed by atoms with Crippen LogP contribution in [0.2, 0.25) is 0 Å². The van der Waals surface area contributed by atoms with Gasteiger partial charge in [-0.1, -0.05) is 18.2 Å². The predicted octanol–water partition coefficient (Wildman–Crippen LogP) is 2.15. The number of carbonyl (C=O) groups is 1. The maximum Gasteiger partial charge on any atom is 0.322 e. The molecule has 8 nitrogen and oxygen atoms in total. The Hall–Kier alpha value is -2.71. The summed E-state index contributed by atoms with van der Waals surface area (Å²) in [6.07, 6.45) is 3.02. The number of rotatable bonds is 5. The van der Waals surface area contributed by atoms with E-state index in [0.717, 1.165) is 0 Å². The molecule has 1 aliphatic rings. The van der Waals surface area contributed by atoms with Crippen LogP contribution < -0.4 is 10.1 Å². The molecule has 1 saturated heterocycles. The zero-order valence-electron chi connectivity index (χ0n) is 13.9. The molecule has 0 spiro atoms. The number of nitrogens with one attached hydrogen (secondary N) is 1. The number of aromatic nitrogens is 2. The van der Waals surface area contributed by atoms with Crippen LogP contribution in [0.3, 0.4) is 0 Å². The zero-order valence-corrected chi connectivity index (χ0v) is 13.9. The maximum absolute atomic E-state index is 12.4. The van der Waals surface area contributed by atoms with Crippen LogP contribution in [0.4, 0.5) is 10.5 Å². The number of hydrogen-bond donors (Lipinski definition) is 1. The minimum absolute atomic E-state index is 0.111. The van der Waals surface area contributed by atoms with Crippen molar-refractivity contribution in [3.63, 3.8) is 0 Å². The van der Waals surface area contributed by atoms with Gasteiger partial charge in [0.1, 0.15) is 5.75 Å². The molecule has 1 fully saturated rings. The predicted molar refractivity (Wildman–Crippen MR) is 90.8 cm³/mol. The van der Waals surface area contributed by atoms with E-state index in [4.69, 9.17) is 14.2 Å². The van der Waals surface area contributed by atoms with Crippen LogP contribution in [0.5, 0.6) is 11.8 Å². The lowest BCUT2D eigenvalue weighted by Crippen LogP contribution is -2.52. The van der Waals surface area contributed by atoms with Crippen molar-refractivity contribution in [3.8, 4) is 11.8 Å². The van der Waals surface area contributed by atoms with E-state index in [-0.39, 0.29) is 18.1 Å². The van der Waals surface area contributed by atoms with Crippen molar-refractivity contribution in [1.82, 2.24) is 14.9 Å². The minimum Gasteiger partial charge on any atom is -0.424 e. The van der Waals surface area contributed by atoms with Crippen molar-refractivity contribution in [3.05, 3.63) is 42.7 Å². The number of para-hydroxylation sites is 1. The normalized spacial score (nSPS) is 17.2. The van der Waals surface area contributed by atoms with Crippen molar-refractivity contribution in [2.75, 3.05) is 38.8 Å². The largest absolute Gasteiger partial charge is 0.424 e.